The summed E-state index contributed by atoms with van der Waals surface area (Å²) in [6, 6.07) is 33.8. The van der Waals surface area contributed by atoms with Crippen molar-refractivity contribution in [1.29, 1.82) is 0 Å². The van der Waals surface area contributed by atoms with E-state index in [2.05, 4.69) is 20.4 Å². The standard InChI is InChI=1S/C37H28N8O4S2/c46-34-32(24-12-3-1-4-13-24)38-40-36-44(34)42-28(22-50-36)26-16-7-9-18-30(26)48-20-11-21-49-31-19-10-8-17-27(31)29-23-51-37-41-39-33(35(47)45(37)43-29)25-14-5-2-6-15-25/h1-10,12-19H,11,20-23H2. The first-order valence-corrected chi connectivity index (χ1v) is 18.1. The van der Waals surface area contributed by atoms with Gasteiger partial charge in [0.05, 0.1) is 24.6 Å². The van der Waals surface area contributed by atoms with Crippen LogP contribution in [0.5, 0.6) is 11.5 Å². The van der Waals surface area contributed by atoms with E-state index >= 15 is 0 Å². The van der Waals surface area contributed by atoms with Crippen molar-refractivity contribution in [3.63, 3.8) is 0 Å². The number of hydrogen-bond acceptors (Lipinski definition) is 12. The van der Waals surface area contributed by atoms with Crippen molar-refractivity contribution in [1.82, 2.24) is 29.7 Å². The summed E-state index contributed by atoms with van der Waals surface area (Å²) in [5.74, 6) is 2.35. The van der Waals surface area contributed by atoms with E-state index in [-0.39, 0.29) is 22.5 Å². The van der Waals surface area contributed by atoms with Crippen LogP contribution in [0.3, 0.4) is 0 Å². The summed E-state index contributed by atoms with van der Waals surface area (Å²) in [7, 11) is 0. The van der Waals surface area contributed by atoms with E-state index in [0.717, 1.165) is 11.1 Å². The maximum Gasteiger partial charge on any atom is 0.301 e. The number of fused-ring (bicyclic) bond motifs is 2. The third-order valence-electron chi connectivity index (χ3n) is 8.03. The Bertz CT molecular complexity index is 2250. The number of aromatic nitrogens is 6. The molecule has 0 bridgehead atoms. The molecule has 0 radical (unpaired) electrons. The Hall–Kier alpha value is -5.86. The molecule has 8 rings (SSSR count). The highest BCUT2D eigenvalue weighted by atomic mass is 32.2. The normalized spacial score (nSPS) is 13.4. The number of hydrogen-bond donors (Lipinski definition) is 0. The lowest BCUT2D eigenvalue weighted by Gasteiger charge is -2.19. The fraction of sp³-hybridized carbons (Fsp3) is 0.135. The quantitative estimate of drug-likeness (QED) is 0.168. The molecule has 4 aromatic carbocycles. The molecule has 4 heterocycles. The van der Waals surface area contributed by atoms with Crippen LogP contribution in [-0.4, -0.2) is 65.9 Å². The van der Waals surface area contributed by atoms with Gasteiger partial charge in [-0.05, 0) is 24.3 Å². The molecule has 0 saturated carbocycles. The Balaban J connectivity index is 0.948. The largest absolute Gasteiger partial charge is 0.493 e. The highest BCUT2D eigenvalue weighted by Gasteiger charge is 2.23. The van der Waals surface area contributed by atoms with Gasteiger partial charge in [-0.1, -0.05) is 108 Å². The fourth-order valence-electron chi connectivity index (χ4n) is 5.55. The minimum atomic E-state index is -0.327. The van der Waals surface area contributed by atoms with Crippen LogP contribution in [-0.2, 0) is 0 Å². The first-order valence-electron chi connectivity index (χ1n) is 16.1. The molecule has 12 nitrogen and oxygen atoms in total. The molecule has 6 aromatic rings. The number of benzene rings is 4. The van der Waals surface area contributed by atoms with Gasteiger partial charge in [0.2, 0.25) is 10.3 Å². The molecule has 0 N–H and O–H groups in total. The molecule has 0 aliphatic carbocycles. The van der Waals surface area contributed by atoms with E-state index in [1.807, 2.05) is 109 Å². The minimum Gasteiger partial charge on any atom is -0.493 e. The molecule has 0 saturated heterocycles. The predicted octanol–water partition coefficient (Wildman–Crippen LogP) is 5.49. The van der Waals surface area contributed by atoms with Crippen LogP contribution < -0.4 is 20.6 Å². The van der Waals surface area contributed by atoms with Crippen LogP contribution in [0.25, 0.3) is 22.5 Å². The Kier molecular flexibility index (Phi) is 9.23. The topological polar surface area (TPSA) is 139 Å². The molecule has 0 atom stereocenters. The van der Waals surface area contributed by atoms with Crippen molar-refractivity contribution < 1.29 is 9.47 Å². The van der Waals surface area contributed by atoms with Gasteiger partial charge in [-0.2, -0.15) is 19.6 Å². The second kappa shape index (κ2) is 14.5. The molecule has 0 spiro atoms. The molecule has 2 aliphatic rings. The van der Waals surface area contributed by atoms with E-state index in [4.69, 9.17) is 19.7 Å². The van der Waals surface area contributed by atoms with E-state index in [9.17, 15) is 9.59 Å². The van der Waals surface area contributed by atoms with Gasteiger partial charge in [-0.25, -0.2) is 0 Å². The van der Waals surface area contributed by atoms with E-state index in [1.165, 1.54) is 32.9 Å². The molecule has 0 amide bonds. The molecule has 2 aromatic heterocycles. The van der Waals surface area contributed by atoms with Gasteiger partial charge in [0.15, 0.2) is 11.4 Å². The number of thioether (sulfide) groups is 2. The zero-order valence-electron chi connectivity index (χ0n) is 27.0. The average molecular weight is 713 g/mol. The first-order chi connectivity index (χ1) is 25.1. The summed E-state index contributed by atoms with van der Waals surface area (Å²) in [5, 5.41) is 27.1. The molecule has 0 unspecified atom stereocenters. The van der Waals surface area contributed by atoms with Crippen molar-refractivity contribution in [2.75, 3.05) is 24.7 Å². The van der Waals surface area contributed by atoms with Gasteiger partial charge in [0.25, 0.3) is 0 Å². The molecule has 2 aliphatic heterocycles. The molecule has 51 heavy (non-hydrogen) atoms. The van der Waals surface area contributed by atoms with Gasteiger partial charge in [0, 0.05) is 40.2 Å². The second-order valence-corrected chi connectivity index (χ2v) is 13.2. The zero-order chi connectivity index (χ0) is 34.6. The van der Waals surface area contributed by atoms with Gasteiger partial charge < -0.3 is 9.47 Å². The third kappa shape index (κ3) is 6.70. The lowest BCUT2D eigenvalue weighted by molar-refractivity contribution is 0.247. The molecular formula is C37H28N8O4S2. The maximum atomic E-state index is 13.4. The average Bonchev–Trinajstić information content (AvgIpc) is 3.19. The Labute approximate surface area is 299 Å². The minimum absolute atomic E-state index is 0.246. The first kappa shape index (κ1) is 32.4. The lowest BCUT2D eigenvalue weighted by atomic mass is 10.1. The smallest absolute Gasteiger partial charge is 0.301 e. The number of para-hydroxylation sites is 2. The Morgan fingerprint density at radius 2 is 0.941 bits per heavy atom. The fourth-order valence-corrected chi connectivity index (χ4v) is 7.20. The Morgan fingerprint density at radius 3 is 1.39 bits per heavy atom. The van der Waals surface area contributed by atoms with Gasteiger partial charge >= 0.3 is 11.1 Å². The predicted molar refractivity (Wildman–Crippen MR) is 197 cm³/mol. The van der Waals surface area contributed by atoms with Crippen molar-refractivity contribution in [2.24, 2.45) is 10.2 Å². The van der Waals surface area contributed by atoms with Crippen molar-refractivity contribution in [3.05, 3.63) is 141 Å². The highest BCUT2D eigenvalue weighted by molar-refractivity contribution is 8.00. The monoisotopic (exact) mass is 712 g/mol. The van der Waals surface area contributed by atoms with Gasteiger partial charge in [-0.3, -0.25) is 9.59 Å². The second-order valence-electron chi connectivity index (χ2n) is 11.3. The van der Waals surface area contributed by atoms with E-state index in [1.54, 1.807) is 0 Å². The van der Waals surface area contributed by atoms with Crippen molar-refractivity contribution in [2.45, 2.75) is 16.7 Å². The van der Waals surface area contributed by atoms with Crippen LogP contribution >= 0.6 is 23.5 Å². The number of nitrogens with zero attached hydrogens (tertiary/aromatic N) is 8. The summed E-state index contributed by atoms with van der Waals surface area (Å²) >= 11 is 2.81. The van der Waals surface area contributed by atoms with E-state index < -0.39 is 0 Å². The summed E-state index contributed by atoms with van der Waals surface area (Å²) in [6.45, 7) is 0.778. The summed E-state index contributed by atoms with van der Waals surface area (Å²) in [5.41, 5.74) is 4.22. The lowest BCUT2D eigenvalue weighted by Crippen LogP contribution is -2.28. The molecule has 0 fully saturated rings. The van der Waals surface area contributed by atoms with Crippen LogP contribution in [0.15, 0.2) is 139 Å². The third-order valence-corrected chi connectivity index (χ3v) is 9.90. The van der Waals surface area contributed by atoms with Crippen molar-refractivity contribution in [3.8, 4) is 34.0 Å². The number of ether oxygens (including phenoxy) is 2. The Morgan fingerprint density at radius 1 is 0.529 bits per heavy atom. The highest BCUT2D eigenvalue weighted by Crippen LogP contribution is 2.29. The SMILES string of the molecule is O=c1c(-c2ccccc2)nnc2n1N=C(c1ccccc1OCCCOc1ccccc1C1=Nn3c(nnc(-c4ccccc4)c3=O)SC1)CS2. The van der Waals surface area contributed by atoms with Crippen LogP contribution in [0.4, 0.5) is 0 Å². The van der Waals surface area contributed by atoms with Gasteiger partial charge in [-0.15, -0.1) is 20.4 Å². The number of rotatable bonds is 10. The van der Waals surface area contributed by atoms with Crippen molar-refractivity contribution >= 4 is 34.9 Å². The molecule has 252 valence electrons. The maximum absolute atomic E-state index is 13.4. The van der Waals surface area contributed by atoms with Crippen LogP contribution in [0.2, 0.25) is 0 Å². The molecular weight excluding hydrogens is 685 g/mol. The van der Waals surface area contributed by atoms with Gasteiger partial charge in [0.1, 0.15) is 11.5 Å². The summed E-state index contributed by atoms with van der Waals surface area (Å²) < 4.78 is 15.1. The van der Waals surface area contributed by atoms with Crippen LogP contribution in [0.1, 0.15) is 17.5 Å². The zero-order valence-corrected chi connectivity index (χ0v) is 28.6. The molecule has 14 heteroatoms. The summed E-state index contributed by atoms with van der Waals surface area (Å²) in [6.07, 6.45) is 0.599. The summed E-state index contributed by atoms with van der Waals surface area (Å²) in [4.78, 5) is 26.7. The van der Waals surface area contributed by atoms with Crippen LogP contribution in [0, 0.1) is 0 Å². The van der Waals surface area contributed by atoms with E-state index in [0.29, 0.717) is 75.5 Å².